The lowest BCUT2D eigenvalue weighted by Crippen LogP contribution is -2.19. The van der Waals surface area contributed by atoms with Gasteiger partial charge in [0, 0.05) is 22.9 Å². The van der Waals surface area contributed by atoms with Crippen LogP contribution in [-0.2, 0) is 0 Å². The van der Waals surface area contributed by atoms with E-state index >= 15 is 0 Å². The molecule has 0 N–H and O–H groups in total. The summed E-state index contributed by atoms with van der Waals surface area (Å²) in [7, 11) is 0. The van der Waals surface area contributed by atoms with Crippen molar-refractivity contribution in [2.45, 2.75) is 19.1 Å². The summed E-state index contributed by atoms with van der Waals surface area (Å²) in [5.74, 6) is 1.59. The molecule has 0 spiro atoms. The molecule has 102 valence electrons. The van der Waals surface area contributed by atoms with E-state index in [4.69, 9.17) is 9.47 Å². The van der Waals surface area contributed by atoms with E-state index in [1.54, 1.807) is 0 Å². The molecule has 3 nitrogen and oxygen atoms in total. The maximum Gasteiger partial charge on any atom is 0.242 e. The summed E-state index contributed by atoms with van der Waals surface area (Å²) in [5, 5.41) is 0. The molecule has 0 unspecified atom stereocenters. The lowest BCUT2D eigenvalue weighted by molar-refractivity contribution is 0.0390. The summed E-state index contributed by atoms with van der Waals surface area (Å²) < 4.78 is 12.2. The van der Waals surface area contributed by atoms with Crippen LogP contribution < -0.4 is 9.47 Å². The summed E-state index contributed by atoms with van der Waals surface area (Å²) >= 11 is 3.35. The number of rotatable bonds is 4. The molecule has 0 saturated carbocycles. The summed E-state index contributed by atoms with van der Waals surface area (Å²) in [5.41, 5.74) is 0.712. The highest BCUT2D eigenvalue weighted by Crippen LogP contribution is 2.35. The third-order valence-electron chi connectivity index (χ3n) is 3.14. The Morgan fingerprint density at radius 3 is 2.20 bits per heavy atom. The zero-order valence-electron chi connectivity index (χ0n) is 10.7. The quantitative estimate of drug-likeness (QED) is 0.787. The first-order valence-corrected chi connectivity index (χ1v) is 7.23. The molecule has 2 aromatic carbocycles. The Balaban J connectivity index is 1.56. The van der Waals surface area contributed by atoms with Crippen molar-refractivity contribution < 1.29 is 14.3 Å². The molecule has 0 bridgehead atoms. The number of para-hydroxylation sites is 2. The van der Waals surface area contributed by atoms with Crippen LogP contribution in [0.5, 0.6) is 11.5 Å². The van der Waals surface area contributed by atoms with Gasteiger partial charge < -0.3 is 9.47 Å². The molecule has 0 amide bonds. The van der Waals surface area contributed by atoms with Crippen molar-refractivity contribution >= 4 is 21.7 Å². The van der Waals surface area contributed by atoms with Crippen molar-refractivity contribution in [2.24, 2.45) is 0 Å². The monoisotopic (exact) mass is 332 g/mol. The van der Waals surface area contributed by atoms with Crippen LogP contribution in [0.4, 0.5) is 0 Å². The van der Waals surface area contributed by atoms with Gasteiger partial charge in [-0.3, -0.25) is 4.79 Å². The SMILES string of the molecule is O=C(CCC1Oc2ccccc2O1)c1ccc(Br)cc1. The molecule has 1 aliphatic heterocycles. The van der Waals surface area contributed by atoms with Crippen LogP contribution in [0, 0.1) is 0 Å². The third-order valence-corrected chi connectivity index (χ3v) is 3.67. The largest absolute Gasteiger partial charge is 0.451 e. The van der Waals surface area contributed by atoms with Crippen LogP contribution in [0.3, 0.4) is 0 Å². The smallest absolute Gasteiger partial charge is 0.242 e. The minimum absolute atomic E-state index is 0.0978. The van der Waals surface area contributed by atoms with Gasteiger partial charge in [-0.25, -0.2) is 0 Å². The van der Waals surface area contributed by atoms with Crippen molar-refractivity contribution in [1.29, 1.82) is 0 Å². The second-order valence-electron chi connectivity index (χ2n) is 4.58. The molecule has 2 aromatic rings. The fourth-order valence-corrected chi connectivity index (χ4v) is 2.36. The lowest BCUT2D eigenvalue weighted by Gasteiger charge is -2.09. The second-order valence-corrected chi connectivity index (χ2v) is 5.50. The van der Waals surface area contributed by atoms with E-state index in [1.807, 2.05) is 48.5 Å². The number of hydrogen-bond donors (Lipinski definition) is 0. The number of carbonyl (C=O) groups excluding carboxylic acids is 1. The van der Waals surface area contributed by atoms with Crippen LogP contribution in [0.15, 0.2) is 53.0 Å². The van der Waals surface area contributed by atoms with Gasteiger partial charge in [-0.1, -0.05) is 40.2 Å². The molecule has 3 rings (SSSR count). The fourth-order valence-electron chi connectivity index (χ4n) is 2.10. The van der Waals surface area contributed by atoms with E-state index in [1.165, 1.54) is 0 Å². The summed E-state index contributed by atoms with van der Waals surface area (Å²) in [6.07, 6.45) is 0.580. The van der Waals surface area contributed by atoms with Crippen LogP contribution in [0.1, 0.15) is 23.2 Å². The van der Waals surface area contributed by atoms with Gasteiger partial charge in [-0.05, 0) is 24.3 Å². The Morgan fingerprint density at radius 1 is 1.00 bits per heavy atom. The third kappa shape index (κ3) is 2.85. The molecule has 0 aromatic heterocycles. The van der Waals surface area contributed by atoms with Crippen LogP contribution >= 0.6 is 15.9 Å². The zero-order chi connectivity index (χ0) is 13.9. The van der Waals surface area contributed by atoms with Gasteiger partial charge in [-0.15, -0.1) is 0 Å². The first-order valence-electron chi connectivity index (χ1n) is 6.43. The molecular weight excluding hydrogens is 320 g/mol. The second kappa shape index (κ2) is 5.67. The standard InChI is InChI=1S/C16H13BrO3/c17-12-7-5-11(6-8-12)13(18)9-10-16-19-14-3-1-2-4-15(14)20-16/h1-8,16H,9-10H2. The summed E-state index contributed by atoms with van der Waals surface area (Å²) in [4.78, 5) is 12.1. The molecule has 0 fully saturated rings. The zero-order valence-corrected chi connectivity index (χ0v) is 12.3. The first kappa shape index (κ1) is 13.2. The van der Waals surface area contributed by atoms with E-state index in [0.29, 0.717) is 18.4 Å². The van der Waals surface area contributed by atoms with E-state index in [9.17, 15) is 4.79 Å². The summed E-state index contributed by atoms with van der Waals surface area (Å²) in [6.45, 7) is 0. The number of ether oxygens (including phenoxy) is 2. The molecule has 1 heterocycles. The Hall–Kier alpha value is -1.81. The van der Waals surface area contributed by atoms with Gasteiger partial charge in [0.25, 0.3) is 0 Å². The molecular formula is C16H13BrO3. The van der Waals surface area contributed by atoms with Crippen molar-refractivity contribution in [2.75, 3.05) is 0 Å². The van der Waals surface area contributed by atoms with Gasteiger partial charge in [0.1, 0.15) is 0 Å². The van der Waals surface area contributed by atoms with Gasteiger partial charge >= 0.3 is 0 Å². The molecule has 1 aliphatic rings. The predicted octanol–water partition coefficient (Wildman–Crippen LogP) is 4.21. The number of carbonyl (C=O) groups is 1. The van der Waals surface area contributed by atoms with Crippen LogP contribution in [0.25, 0.3) is 0 Å². The number of hydrogen-bond acceptors (Lipinski definition) is 3. The predicted molar refractivity (Wildman–Crippen MR) is 79.2 cm³/mol. The van der Waals surface area contributed by atoms with Crippen molar-refractivity contribution in [1.82, 2.24) is 0 Å². The summed E-state index contributed by atoms with van der Waals surface area (Å²) in [6, 6.07) is 14.9. The Morgan fingerprint density at radius 2 is 1.60 bits per heavy atom. The average molecular weight is 333 g/mol. The highest BCUT2D eigenvalue weighted by atomic mass is 79.9. The molecule has 0 atom stereocenters. The minimum Gasteiger partial charge on any atom is -0.451 e. The first-order chi connectivity index (χ1) is 9.72. The van der Waals surface area contributed by atoms with Crippen molar-refractivity contribution in [3.63, 3.8) is 0 Å². The van der Waals surface area contributed by atoms with Crippen molar-refractivity contribution in [3.8, 4) is 11.5 Å². The Labute approximate surface area is 125 Å². The topological polar surface area (TPSA) is 35.5 Å². The van der Waals surface area contributed by atoms with E-state index < -0.39 is 0 Å². The number of Topliss-reactive ketones (excluding diaryl/α,β-unsaturated/α-hetero) is 1. The van der Waals surface area contributed by atoms with Gasteiger partial charge in [0.15, 0.2) is 17.3 Å². The molecule has 0 aliphatic carbocycles. The van der Waals surface area contributed by atoms with Crippen molar-refractivity contribution in [3.05, 3.63) is 58.6 Å². The van der Waals surface area contributed by atoms with Crippen LogP contribution in [0.2, 0.25) is 0 Å². The van der Waals surface area contributed by atoms with E-state index in [-0.39, 0.29) is 12.1 Å². The Bertz CT molecular complexity index is 597. The average Bonchev–Trinajstić information content (AvgIpc) is 2.88. The highest BCUT2D eigenvalue weighted by molar-refractivity contribution is 9.10. The normalized spacial score (nSPS) is 13.4. The van der Waals surface area contributed by atoms with Gasteiger partial charge in [-0.2, -0.15) is 0 Å². The maximum absolute atomic E-state index is 12.1. The van der Waals surface area contributed by atoms with Crippen LogP contribution in [-0.4, -0.2) is 12.1 Å². The Kier molecular flexibility index (Phi) is 3.74. The number of benzene rings is 2. The fraction of sp³-hybridized carbons (Fsp3) is 0.188. The number of ketones is 1. The molecule has 4 heteroatoms. The number of fused-ring (bicyclic) bond motifs is 1. The van der Waals surface area contributed by atoms with Gasteiger partial charge in [0.05, 0.1) is 0 Å². The molecule has 20 heavy (non-hydrogen) atoms. The maximum atomic E-state index is 12.1. The molecule has 0 saturated heterocycles. The lowest BCUT2D eigenvalue weighted by atomic mass is 10.1. The van der Waals surface area contributed by atoms with E-state index in [0.717, 1.165) is 16.0 Å². The highest BCUT2D eigenvalue weighted by Gasteiger charge is 2.24. The number of halogens is 1. The minimum atomic E-state index is -0.369. The molecule has 0 radical (unpaired) electrons. The van der Waals surface area contributed by atoms with Gasteiger partial charge in [0.2, 0.25) is 6.29 Å². The van der Waals surface area contributed by atoms with E-state index in [2.05, 4.69) is 15.9 Å².